The van der Waals surface area contributed by atoms with Crippen molar-refractivity contribution in [3.8, 4) is 11.9 Å². The number of halogens is 2. The number of ether oxygens (including phenoxy) is 1. The van der Waals surface area contributed by atoms with Crippen LogP contribution in [0.2, 0.25) is 0 Å². The molecule has 0 bridgehead atoms. The summed E-state index contributed by atoms with van der Waals surface area (Å²) in [5, 5.41) is 8.38. The van der Waals surface area contributed by atoms with Gasteiger partial charge in [0.15, 0.2) is 0 Å². The molecule has 0 saturated heterocycles. The van der Waals surface area contributed by atoms with Gasteiger partial charge in [0.25, 0.3) is 6.43 Å². The predicted molar refractivity (Wildman–Crippen MR) is 45.1 cm³/mol. The highest BCUT2D eigenvalue weighted by Gasteiger charge is 2.15. The first kappa shape index (κ1) is 10.4. The molecule has 1 heterocycles. The van der Waals surface area contributed by atoms with Gasteiger partial charge in [-0.2, -0.15) is 5.26 Å². The molecule has 0 aromatic carbocycles. The first-order chi connectivity index (χ1) is 6.69. The predicted octanol–water partition coefficient (Wildman–Crippen LogP) is 2.09. The average molecular weight is 198 g/mol. The van der Waals surface area contributed by atoms with Crippen LogP contribution in [0.15, 0.2) is 12.3 Å². The molecule has 1 aromatic heterocycles. The van der Waals surface area contributed by atoms with Crippen LogP contribution in [0.4, 0.5) is 8.78 Å². The molecule has 74 valence electrons. The molecule has 1 aromatic rings. The van der Waals surface area contributed by atoms with Crippen LogP contribution >= 0.6 is 0 Å². The lowest BCUT2D eigenvalue weighted by atomic mass is 10.1. The van der Waals surface area contributed by atoms with E-state index in [4.69, 9.17) is 5.26 Å². The Morgan fingerprint density at radius 1 is 1.64 bits per heavy atom. The normalized spacial score (nSPS) is 9.93. The third-order valence-electron chi connectivity index (χ3n) is 1.65. The van der Waals surface area contributed by atoms with Crippen LogP contribution in [0, 0.1) is 11.3 Å². The quantitative estimate of drug-likeness (QED) is 0.747. The first-order valence-corrected chi connectivity index (χ1v) is 3.87. The van der Waals surface area contributed by atoms with Crippen LogP contribution in [-0.2, 0) is 6.42 Å². The number of alkyl halides is 2. The summed E-state index contributed by atoms with van der Waals surface area (Å²) < 4.78 is 29.5. The van der Waals surface area contributed by atoms with Crippen molar-refractivity contribution in [3.63, 3.8) is 0 Å². The second-order valence-corrected chi connectivity index (χ2v) is 2.58. The first-order valence-electron chi connectivity index (χ1n) is 3.87. The van der Waals surface area contributed by atoms with Crippen molar-refractivity contribution >= 4 is 0 Å². The van der Waals surface area contributed by atoms with E-state index < -0.39 is 6.43 Å². The topological polar surface area (TPSA) is 45.9 Å². The van der Waals surface area contributed by atoms with Crippen molar-refractivity contribution in [2.75, 3.05) is 7.11 Å². The molecular weight excluding hydrogens is 190 g/mol. The van der Waals surface area contributed by atoms with Crippen molar-refractivity contribution in [3.05, 3.63) is 23.4 Å². The zero-order valence-electron chi connectivity index (χ0n) is 7.50. The van der Waals surface area contributed by atoms with E-state index in [0.717, 1.165) is 0 Å². The smallest absolute Gasteiger partial charge is 0.269 e. The highest BCUT2D eigenvalue weighted by atomic mass is 19.3. The molecule has 1 rings (SSSR count). The molecule has 14 heavy (non-hydrogen) atoms. The molecule has 0 aliphatic carbocycles. The molecule has 0 atom stereocenters. The van der Waals surface area contributed by atoms with Crippen LogP contribution in [0.1, 0.15) is 17.6 Å². The highest BCUT2D eigenvalue weighted by molar-refractivity contribution is 5.32. The monoisotopic (exact) mass is 198 g/mol. The van der Waals surface area contributed by atoms with Crippen LogP contribution in [0.3, 0.4) is 0 Å². The summed E-state index contributed by atoms with van der Waals surface area (Å²) in [7, 11) is 1.28. The summed E-state index contributed by atoms with van der Waals surface area (Å²) >= 11 is 0. The molecule has 0 radical (unpaired) electrons. The van der Waals surface area contributed by atoms with Crippen molar-refractivity contribution in [1.29, 1.82) is 5.26 Å². The molecule has 0 spiro atoms. The summed E-state index contributed by atoms with van der Waals surface area (Å²) in [5.74, 6) is -0.0957. The zero-order chi connectivity index (χ0) is 10.6. The number of aromatic nitrogens is 1. The van der Waals surface area contributed by atoms with Gasteiger partial charge >= 0.3 is 0 Å². The number of nitriles is 1. The van der Waals surface area contributed by atoms with E-state index in [0.29, 0.717) is 5.56 Å². The lowest BCUT2D eigenvalue weighted by Gasteiger charge is -2.06. The summed E-state index contributed by atoms with van der Waals surface area (Å²) in [4.78, 5) is 3.68. The second-order valence-electron chi connectivity index (χ2n) is 2.58. The van der Waals surface area contributed by atoms with E-state index in [1.165, 1.54) is 19.4 Å². The second kappa shape index (κ2) is 4.51. The maximum absolute atomic E-state index is 12.4. The van der Waals surface area contributed by atoms with Crippen LogP contribution < -0.4 is 4.74 Å². The summed E-state index contributed by atoms with van der Waals surface area (Å²) in [6.45, 7) is 0. The number of hydrogen-bond acceptors (Lipinski definition) is 3. The summed E-state index contributed by atoms with van der Waals surface area (Å²) in [6, 6.07) is 3.10. The maximum atomic E-state index is 12.4. The Bertz CT molecular complexity index is 360. The third-order valence-corrected chi connectivity index (χ3v) is 1.65. The average Bonchev–Trinajstić information content (AvgIpc) is 2.18. The fourth-order valence-corrected chi connectivity index (χ4v) is 1.03. The standard InChI is InChI=1S/C9H8F2N2O/c1-14-9-7(8(10)11)4-6(2-3-12)5-13-9/h4-5,8H,2H2,1H3. The van der Waals surface area contributed by atoms with E-state index in [2.05, 4.69) is 9.72 Å². The lowest BCUT2D eigenvalue weighted by molar-refractivity contribution is 0.146. The number of rotatable bonds is 3. The minimum absolute atomic E-state index is 0.0662. The molecule has 0 saturated carbocycles. The Morgan fingerprint density at radius 3 is 2.86 bits per heavy atom. The van der Waals surface area contributed by atoms with Gasteiger partial charge in [-0.25, -0.2) is 13.8 Å². The maximum Gasteiger partial charge on any atom is 0.269 e. The van der Waals surface area contributed by atoms with E-state index in [9.17, 15) is 8.78 Å². The Hall–Kier alpha value is -1.70. The third kappa shape index (κ3) is 2.16. The lowest BCUT2D eigenvalue weighted by Crippen LogP contribution is -1.97. The van der Waals surface area contributed by atoms with Gasteiger partial charge < -0.3 is 4.74 Å². The number of hydrogen-bond donors (Lipinski definition) is 0. The van der Waals surface area contributed by atoms with Crippen molar-refractivity contribution in [2.45, 2.75) is 12.8 Å². The molecule has 0 fully saturated rings. The molecule has 5 heteroatoms. The number of nitrogens with zero attached hydrogens (tertiary/aromatic N) is 2. The number of pyridine rings is 1. The minimum atomic E-state index is -2.64. The van der Waals surface area contributed by atoms with Gasteiger partial charge in [0.05, 0.1) is 25.2 Å². The van der Waals surface area contributed by atoms with Crippen molar-refractivity contribution in [1.82, 2.24) is 4.98 Å². The van der Waals surface area contributed by atoms with Crippen LogP contribution in [-0.4, -0.2) is 12.1 Å². The van der Waals surface area contributed by atoms with Gasteiger partial charge in [-0.15, -0.1) is 0 Å². The van der Waals surface area contributed by atoms with Gasteiger partial charge in [-0.05, 0) is 11.6 Å². The molecule has 0 unspecified atom stereocenters. The Labute approximate surface area is 79.9 Å². The zero-order valence-corrected chi connectivity index (χ0v) is 7.50. The van der Waals surface area contributed by atoms with E-state index in [-0.39, 0.29) is 17.9 Å². The van der Waals surface area contributed by atoms with Crippen LogP contribution in [0.25, 0.3) is 0 Å². The Morgan fingerprint density at radius 2 is 2.36 bits per heavy atom. The number of methoxy groups -OCH3 is 1. The van der Waals surface area contributed by atoms with Crippen LogP contribution in [0.5, 0.6) is 5.88 Å². The minimum Gasteiger partial charge on any atom is -0.481 e. The highest BCUT2D eigenvalue weighted by Crippen LogP contribution is 2.27. The van der Waals surface area contributed by atoms with Gasteiger partial charge in [-0.1, -0.05) is 0 Å². The van der Waals surface area contributed by atoms with Gasteiger partial charge in [0.1, 0.15) is 0 Å². The van der Waals surface area contributed by atoms with Crippen molar-refractivity contribution in [2.24, 2.45) is 0 Å². The molecular formula is C9H8F2N2O. The summed E-state index contributed by atoms with van der Waals surface area (Å²) in [5.41, 5.74) is 0.184. The van der Waals surface area contributed by atoms with E-state index in [1.54, 1.807) is 0 Å². The Balaban J connectivity index is 3.09. The fraction of sp³-hybridized carbons (Fsp3) is 0.333. The largest absolute Gasteiger partial charge is 0.481 e. The molecule has 3 nitrogen and oxygen atoms in total. The molecule has 0 N–H and O–H groups in total. The summed E-state index contributed by atoms with van der Waals surface area (Å²) in [6.07, 6.45) is -1.22. The van der Waals surface area contributed by atoms with E-state index >= 15 is 0 Å². The fourth-order valence-electron chi connectivity index (χ4n) is 1.03. The van der Waals surface area contributed by atoms with Gasteiger partial charge in [0, 0.05) is 6.20 Å². The SMILES string of the molecule is COc1ncc(CC#N)cc1C(F)F. The molecule has 0 amide bonds. The van der Waals surface area contributed by atoms with Crippen molar-refractivity contribution < 1.29 is 13.5 Å². The van der Waals surface area contributed by atoms with Gasteiger partial charge in [-0.3, -0.25) is 0 Å². The van der Waals surface area contributed by atoms with Gasteiger partial charge in [0.2, 0.25) is 5.88 Å². The molecule has 0 aliphatic heterocycles. The molecule has 0 aliphatic rings. The van der Waals surface area contributed by atoms with E-state index in [1.807, 2.05) is 6.07 Å². The Kier molecular flexibility index (Phi) is 3.35.